The molecule has 0 bridgehead atoms. The van der Waals surface area contributed by atoms with Crippen LogP contribution < -0.4 is 11.1 Å². The van der Waals surface area contributed by atoms with Crippen molar-refractivity contribution in [2.45, 2.75) is 63.0 Å². The van der Waals surface area contributed by atoms with Gasteiger partial charge in [-0.3, -0.25) is 5.32 Å². The molecule has 0 aliphatic heterocycles. The molecule has 0 heterocycles. The molecule has 1 amide bonds. The first-order valence-electron chi connectivity index (χ1n) is 7.74. The van der Waals surface area contributed by atoms with Gasteiger partial charge in [-0.15, -0.1) is 0 Å². The van der Waals surface area contributed by atoms with E-state index in [4.69, 9.17) is 10.5 Å². The zero-order chi connectivity index (χ0) is 16.2. The predicted octanol–water partition coefficient (Wildman–Crippen LogP) is 3.70. The van der Waals surface area contributed by atoms with E-state index in [1.54, 1.807) is 32.9 Å². The zero-order valence-corrected chi connectivity index (χ0v) is 13.3. The Balaban J connectivity index is 1.81. The summed E-state index contributed by atoms with van der Waals surface area (Å²) in [5.41, 5.74) is 6.43. The third-order valence-corrected chi connectivity index (χ3v) is 4.62. The van der Waals surface area contributed by atoms with Crippen LogP contribution >= 0.6 is 0 Å². The van der Waals surface area contributed by atoms with Crippen LogP contribution in [-0.4, -0.2) is 17.2 Å². The van der Waals surface area contributed by atoms with Gasteiger partial charge in [0.2, 0.25) is 0 Å². The third-order valence-electron chi connectivity index (χ3n) is 4.62. The summed E-state index contributed by atoms with van der Waals surface area (Å²) in [6.07, 6.45) is 3.17. The molecule has 1 aromatic rings. The van der Waals surface area contributed by atoms with Crippen molar-refractivity contribution in [2.24, 2.45) is 5.73 Å². The van der Waals surface area contributed by atoms with Crippen molar-refractivity contribution < 1.29 is 13.9 Å². The first kappa shape index (κ1) is 15.3. The normalized spacial score (nSPS) is 21.1. The fourth-order valence-corrected chi connectivity index (χ4v) is 3.16. The van der Waals surface area contributed by atoms with Crippen LogP contribution in [0.5, 0.6) is 0 Å². The number of nitrogens with one attached hydrogen (secondary N) is 1. The summed E-state index contributed by atoms with van der Waals surface area (Å²) in [6, 6.07) is 4.65. The van der Waals surface area contributed by atoms with E-state index < -0.39 is 11.7 Å². The summed E-state index contributed by atoms with van der Waals surface area (Å²) in [6.45, 7) is 5.40. The number of hydrogen-bond acceptors (Lipinski definition) is 3. The van der Waals surface area contributed by atoms with Crippen LogP contribution in [0.4, 0.5) is 14.9 Å². The van der Waals surface area contributed by atoms with E-state index in [9.17, 15) is 9.18 Å². The molecule has 2 saturated carbocycles. The van der Waals surface area contributed by atoms with Crippen molar-refractivity contribution in [3.8, 4) is 0 Å². The standard InChI is InChI=1S/C17H23FN2O2/c1-15(2,3)22-14(21)20-11-4-5-13(18)12(10-11)16(6-7-16)17(19)8-9-17/h4-5,10H,6-9,19H2,1-3H3,(H,20,21). The number of anilines is 1. The fourth-order valence-electron chi connectivity index (χ4n) is 3.16. The fraction of sp³-hybridized carbons (Fsp3) is 0.588. The molecule has 2 aliphatic rings. The van der Waals surface area contributed by atoms with E-state index in [1.165, 1.54) is 6.07 Å². The largest absolute Gasteiger partial charge is 0.444 e. The Morgan fingerprint density at radius 3 is 2.41 bits per heavy atom. The minimum Gasteiger partial charge on any atom is -0.444 e. The molecule has 22 heavy (non-hydrogen) atoms. The lowest BCUT2D eigenvalue weighted by Gasteiger charge is -2.25. The first-order chi connectivity index (χ1) is 10.2. The lowest BCUT2D eigenvalue weighted by Crippen LogP contribution is -2.38. The van der Waals surface area contributed by atoms with Crippen LogP contribution in [0, 0.1) is 5.82 Å². The average molecular weight is 306 g/mol. The summed E-state index contributed by atoms with van der Waals surface area (Å²) in [5, 5.41) is 2.67. The minimum absolute atomic E-state index is 0.246. The first-order valence-corrected chi connectivity index (χ1v) is 7.74. The SMILES string of the molecule is CC(C)(C)OC(=O)Nc1ccc(F)c(C2(C3(N)CC3)CC2)c1. The Labute approximate surface area is 130 Å². The Kier molecular flexibility index (Phi) is 3.25. The van der Waals surface area contributed by atoms with Crippen LogP contribution in [-0.2, 0) is 10.2 Å². The lowest BCUT2D eigenvalue weighted by molar-refractivity contribution is 0.0636. The number of carbonyl (C=O) groups is 1. The average Bonchev–Trinajstić information content (AvgIpc) is 3.25. The minimum atomic E-state index is -0.569. The maximum Gasteiger partial charge on any atom is 0.412 e. The Bertz CT molecular complexity index is 614. The van der Waals surface area contributed by atoms with Crippen molar-refractivity contribution in [1.29, 1.82) is 0 Å². The van der Waals surface area contributed by atoms with E-state index in [2.05, 4.69) is 5.32 Å². The van der Waals surface area contributed by atoms with Crippen molar-refractivity contribution in [1.82, 2.24) is 0 Å². The Hall–Kier alpha value is -1.62. The van der Waals surface area contributed by atoms with Gasteiger partial charge in [0.25, 0.3) is 0 Å². The molecular weight excluding hydrogens is 283 g/mol. The quantitative estimate of drug-likeness (QED) is 0.895. The zero-order valence-electron chi connectivity index (χ0n) is 13.3. The summed E-state index contributed by atoms with van der Waals surface area (Å²) in [7, 11) is 0. The number of rotatable bonds is 3. The predicted molar refractivity (Wildman–Crippen MR) is 83.3 cm³/mol. The van der Waals surface area contributed by atoms with Crippen molar-refractivity contribution in [3.05, 3.63) is 29.6 Å². The third kappa shape index (κ3) is 2.70. The van der Waals surface area contributed by atoms with Gasteiger partial charge >= 0.3 is 6.09 Å². The highest BCUT2D eigenvalue weighted by atomic mass is 19.1. The molecule has 4 nitrogen and oxygen atoms in total. The highest BCUT2D eigenvalue weighted by molar-refractivity contribution is 5.85. The van der Waals surface area contributed by atoms with Gasteiger partial charge in [-0.1, -0.05) is 0 Å². The smallest absolute Gasteiger partial charge is 0.412 e. The molecule has 1 aromatic carbocycles. The van der Waals surface area contributed by atoms with Crippen molar-refractivity contribution in [2.75, 3.05) is 5.32 Å². The monoisotopic (exact) mass is 306 g/mol. The molecule has 0 radical (unpaired) electrons. The number of nitrogens with two attached hydrogens (primary N) is 1. The Morgan fingerprint density at radius 1 is 1.27 bits per heavy atom. The van der Waals surface area contributed by atoms with Crippen LogP contribution in [0.3, 0.4) is 0 Å². The van der Waals surface area contributed by atoms with E-state index in [1.807, 2.05) is 0 Å². The molecule has 5 heteroatoms. The maximum absolute atomic E-state index is 14.3. The molecular formula is C17H23FN2O2. The molecule has 2 aliphatic carbocycles. The van der Waals surface area contributed by atoms with Crippen LogP contribution in [0.2, 0.25) is 0 Å². The van der Waals surface area contributed by atoms with E-state index >= 15 is 0 Å². The van der Waals surface area contributed by atoms with Gasteiger partial charge in [0.05, 0.1) is 0 Å². The molecule has 0 unspecified atom stereocenters. The highest BCUT2D eigenvalue weighted by Gasteiger charge is 2.64. The summed E-state index contributed by atoms with van der Waals surface area (Å²) in [5.74, 6) is -0.246. The topological polar surface area (TPSA) is 64.3 Å². The molecule has 3 rings (SSSR count). The number of halogens is 1. The Morgan fingerprint density at radius 2 is 1.91 bits per heavy atom. The second-order valence-electron chi connectivity index (χ2n) is 7.56. The highest BCUT2D eigenvalue weighted by Crippen LogP contribution is 2.64. The van der Waals surface area contributed by atoms with E-state index in [0.29, 0.717) is 11.3 Å². The number of carbonyl (C=O) groups excluding carboxylic acids is 1. The van der Waals surface area contributed by atoms with Crippen LogP contribution in [0.15, 0.2) is 18.2 Å². The molecule has 3 N–H and O–H groups in total. The number of benzene rings is 1. The van der Waals surface area contributed by atoms with Gasteiger partial charge in [0, 0.05) is 16.6 Å². The second-order valence-corrected chi connectivity index (χ2v) is 7.56. The molecule has 0 aromatic heterocycles. The van der Waals surface area contributed by atoms with Gasteiger partial charge < -0.3 is 10.5 Å². The number of hydrogen-bond donors (Lipinski definition) is 2. The molecule has 0 saturated heterocycles. The van der Waals surface area contributed by atoms with E-state index in [0.717, 1.165) is 25.7 Å². The van der Waals surface area contributed by atoms with Gasteiger partial charge in [0.1, 0.15) is 11.4 Å². The number of amides is 1. The molecule has 2 fully saturated rings. The van der Waals surface area contributed by atoms with Gasteiger partial charge in [0.15, 0.2) is 0 Å². The maximum atomic E-state index is 14.3. The van der Waals surface area contributed by atoms with E-state index in [-0.39, 0.29) is 16.8 Å². The van der Waals surface area contributed by atoms with Crippen LogP contribution in [0.1, 0.15) is 52.0 Å². The summed E-state index contributed by atoms with van der Waals surface area (Å²) < 4.78 is 19.5. The van der Waals surface area contributed by atoms with Gasteiger partial charge in [-0.05, 0) is 70.2 Å². The van der Waals surface area contributed by atoms with Crippen LogP contribution in [0.25, 0.3) is 0 Å². The molecule has 0 spiro atoms. The number of ether oxygens (including phenoxy) is 1. The summed E-state index contributed by atoms with van der Waals surface area (Å²) >= 11 is 0. The van der Waals surface area contributed by atoms with Crippen molar-refractivity contribution in [3.63, 3.8) is 0 Å². The molecule has 0 atom stereocenters. The van der Waals surface area contributed by atoms with Crippen molar-refractivity contribution >= 4 is 11.8 Å². The van der Waals surface area contributed by atoms with Gasteiger partial charge in [-0.2, -0.15) is 0 Å². The lowest BCUT2D eigenvalue weighted by atomic mass is 9.85. The van der Waals surface area contributed by atoms with Gasteiger partial charge in [-0.25, -0.2) is 9.18 Å². The summed E-state index contributed by atoms with van der Waals surface area (Å²) in [4.78, 5) is 11.8. The molecule has 120 valence electrons. The second kappa shape index (κ2) is 4.69.